The number of hydrogen-bond donors (Lipinski definition) is 1. The lowest BCUT2D eigenvalue weighted by Crippen LogP contribution is -2.62. The second-order valence-electron chi connectivity index (χ2n) is 5.71. The summed E-state index contributed by atoms with van der Waals surface area (Å²) in [6.45, 7) is 2.10. The summed E-state index contributed by atoms with van der Waals surface area (Å²) < 4.78 is 0.895. The molecule has 4 nitrogen and oxygen atoms in total. The van der Waals surface area contributed by atoms with E-state index in [2.05, 4.69) is 21.2 Å². The van der Waals surface area contributed by atoms with Gasteiger partial charge in [0.05, 0.1) is 0 Å². The molecule has 2 amide bonds. The monoisotopic (exact) mass is 370 g/mol. The topological polar surface area (TPSA) is 49.4 Å². The van der Waals surface area contributed by atoms with Crippen LogP contribution in [0.3, 0.4) is 0 Å². The molecule has 0 aromatic heterocycles. The molecular weight excluding hydrogens is 356 g/mol. The number of rotatable bonds is 3. The molecule has 1 aromatic rings. The first kappa shape index (κ1) is 14.9. The second kappa shape index (κ2) is 5.61. The molecule has 2 unspecified atom stereocenters. The van der Waals surface area contributed by atoms with Crippen LogP contribution >= 0.6 is 27.5 Å². The number of hydrogen-bond acceptors (Lipinski definition) is 2. The minimum absolute atomic E-state index is 0.0366. The van der Waals surface area contributed by atoms with Crippen LogP contribution < -0.4 is 5.32 Å². The number of amides is 2. The maximum absolute atomic E-state index is 12.5. The third-order valence-corrected chi connectivity index (χ3v) is 4.89. The fourth-order valence-electron chi connectivity index (χ4n) is 2.78. The zero-order valence-corrected chi connectivity index (χ0v) is 13.9. The van der Waals surface area contributed by atoms with Gasteiger partial charge in [-0.1, -0.05) is 33.6 Å². The highest BCUT2D eigenvalue weighted by Gasteiger charge is 2.46. The predicted octanol–water partition coefficient (Wildman–Crippen LogP) is 2.73. The Morgan fingerprint density at radius 3 is 2.71 bits per heavy atom. The minimum atomic E-state index is -0.471. The van der Waals surface area contributed by atoms with E-state index in [1.807, 2.05) is 12.1 Å². The minimum Gasteiger partial charge on any atom is -0.343 e. The highest BCUT2D eigenvalue weighted by Crippen LogP contribution is 2.38. The summed E-state index contributed by atoms with van der Waals surface area (Å²) in [6.07, 6.45) is 2.01. The number of halogens is 2. The van der Waals surface area contributed by atoms with E-state index in [0.29, 0.717) is 11.6 Å². The number of nitrogens with one attached hydrogen (secondary N) is 1. The summed E-state index contributed by atoms with van der Waals surface area (Å²) >= 11 is 9.61. The van der Waals surface area contributed by atoms with Crippen LogP contribution in [0.1, 0.15) is 25.3 Å². The molecule has 112 valence electrons. The highest BCUT2D eigenvalue weighted by atomic mass is 79.9. The van der Waals surface area contributed by atoms with Gasteiger partial charge in [-0.25, -0.2) is 0 Å². The van der Waals surface area contributed by atoms with Gasteiger partial charge in [-0.2, -0.15) is 0 Å². The van der Waals surface area contributed by atoms with Crippen molar-refractivity contribution < 1.29 is 9.59 Å². The smallest absolute Gasteiger partial charge is 0.245 e. The Bertz CT molecular complexity index is 603. The van der Waals surface area contributed by atoms with Crippen molar-refractivity contribution in [3.05, 3.63) is 33.3 Å². The first-order chi connectivity index (χ1) is 9.97. The molecule has 2 fully saturated rings. The van der Waals surface area contributed by atoms with Crippen LogP contribution in [0.4, 0.5) is 0 Å². The van der Waals surface area contributed by atoms with Crippen molar-refractivity contribution in [3.8, 4) is 0 Å². The Morgan fingerprint density at radius 2 is 2.10 bits per heavy atom. The summed E-state index contributed by atoms with van der Waals surface area (Å²) in [6, 6.07) is 4.77. The maximum Gasteiger partial charge on any atom is 0.245 e. The van der Waals surface area contributed by atoms with Gasteiger partial charge in [0.15, 0.2) is 0 Å². The molecule has 1 aromatic carbocycles. The Kier molecular flexibility index (Phi) is 3.97. The van der Waals surface area contributed by atoms with Crippen molar-refractivity contribution in [1.29, 1.82) is 0 Å². The molecule has 1 heterocycles. The molecule has 2 aliphatic rings. The zero-order valence-electron chi connectivity index (χ0n) is 11.6. The predicted molar refractivity (Wildman–Crippen MR) is 83.8 cm³/mol. The van der Waals surface area contributed by atoms with Crippen LogP contribution in [-0.2, 0) is 16.1 Å². The average molecular weight is 372 g/mol. The molecule has 0 bridgehead atoms. The molecule has 21 heavy (non-hydrogen) atoms. The molecule has 1 saturated carbocycles. The highest BCUT2D eigenvalue weighted by molar-refractivity contribution is 9.10. The molecule has 0 spiro atoms. The lowest BCUT2D eigenvalue weighted by molar-refractivity contribution is -0.150. The van der Waals surface area contributed by atoms with E-state index < -0.39 is 6.04 Å². The third kappa shape index (κ3) is 2.94. The maximum atomic E-state index is 12.5. The first-order valence-electron chi connectivity index (χ1n) is 7.02. The fourth-order valence-corrected chi connectivity index (χ4v) is 3.51. The van der Waals surface area contributed by atoms with Crippen molar-refractivity contribution in [2.24, 2.45) is 5.92 Å². The molecule has 3 rings (SSSR count). The van der Waals surface area contributed by atoms with Crippen molar-refractivity contribution in [2.75, 3.05) is 0 Å². The fraction of sp³-hybridized carbons (Fsp3) is 0.467. The van der Waals surface area contributed by atoms with Gasteiger partial charge in [-0.3, -0.25) is 9.59 Å². The van der Waals surface area contributed by atoms with Crippen molar-refractivity contribution >= 4 is 39.3 Å². The van der Waals surface area contributed by atoms with Gasteiger partial charge >= 0.3 is 0 Å². The van der Waals surface area contributed by atoms with E-state index in [1.54, 1.807) is 17.9 Å². The van der Waals surface area contributed by atoms with E-state index in [1.165, 1.54) is 0 Å². The lowest BCUT2D eigenvalue weighted by Gasteiger charge is -2.38. The van der Waals surface area contributed by atoms with E-state index in [9.17, 15) is 9.59 Å². The summed E-state index contributed by atoms with van der Waals surface area (Å²) in [5, 5.41) is 3.37. The SMILES string of the molecule is CC1NC(=O)C(C2CC2)N(Cc2ccc(Br)cc2Cl)C1=O. The number of carbonyl (C=O) groups excluding carboxylic acids is 2. The molecule has 1 N–H and O–H groups in total. The van der Waals surface area contributed by atoms with Crippen LogP contribution in [0, 0.1) is 5.92 Å². The molecule has 1 saturated heterocycles. The van der Waals surface area contributed by atoms with Gasteiger partial charge in [0, 0.05) is 16.0 Å². The number of piperazine rings is 1. The van der Waals surface area contributed by atoms with Crippen LogP contribution in [0.5, 0.6) is 0 Å². The Balaban J connectivity index is 1.88. The largest absolute Gasteiger partial charge is 0.343 e. The summed E-state index contributed by atoms with van der Waals surface area (Å²) in [4.78, 5) is 26.4. The molecule has 6 heteroatoms. The zero-order chi connectivity index (χ0) is 15.1. The van der Waals surface area contributed by atoms with E-state index in [0.717, 1.165) is 22.9 Å². The van der Waals surface area contributed by atoms with Gasteiger partial charge in [-0.05, 0) is 43.4 Å². The third-order valence-electron chi connectivity index (χ3n) is 4.04. The lowest BCUT2D eigenvalue weighted by atomic mass is 10.0. The first-order valence-corrected chi connectivity index (χ1v) is 8.19. The summed E-state index contributed by atoms with van der Waals surface area (Å²) in [7, 11) is 0. The quantitative estimate of drug-likeness (QED) is 0.888. The summed E-state index contributed by atoms with van der Waals surface area (Å²) in [5.74, 6) is 0.207. The van der Waals surface area contributed by atoms with Crippen LogP contribution in [0.2, 0.25) is 5.02 Å². The van der Waals surface area contributed by atoms with Gasteiger partial charge in [0.25, 0.3) is 0 Å². The van der Waals surface area contributed by atoms with Crippen molar-refractivity contribution in [1.82, 2.24) is 10.2 Å². The number of nitrogens with zero attached hydrogens (tertiary/aromatic N) is 1. The summed E-state index contributed by atoms with van der Waals surface area (Å²) in [5.41, 5.74) is 0.862. The van der Waals surface area contributed by atoms with Gasteiger partial charge in [-0.15, -0.1) is 0 Å². The van der Waals surface area contributed by atoms with E-state index in [-0.39, 0.29) is 23.8 Å². The van der Waals surface area contributed by atoms with Gasteiger partial charge in [0.2, 0.25) is 11.8 Å². The second-order valence-corrected chi connectivity index (χ2v) is 7.04. The Hall–Kier alpha value is -1.07. The van der Waals surface area contributed by atoms with Crippen molar-refractivity contribution in [3.63, 3.8) is 0 Å². The normalized spacial score (nSPS) is 26.0. The van der Waals surface area contributed by atoms with Crippen LogP contribution in [-0.4, -0.2) is 28.8 Å². The molecule has 0 radical (unpaired) electrons. The standard InChI is InChI=1S/C15H16BrClN2O2/c1-8-15(21)19(13(9-2-3-9)14(20)18-8)7-10-4-5-11(16)6-12(10)17/h4-6,8-9,13H,2-3,7H2,1H3,(H,18,20). The van der Waals surface area contributed by atoms with Crippen LogP contribution in [0.15, 0.2) is 22.7 Å². The van der Waals surface area contributed by atoms with Gasteiger partial charge in [0.1, 0.15) is 12.1 Å². The van der Waals surface area contributed by atoms with Gasteiger partial charge < -0.3 is 10.2 Å². The molecule has 1 aliphatic carbocycles. The molecule has 2 atom stereocenters. The van der Waals surface area contributed by atoms with E-state index >= 15 is 0 Å². The number of carbonyl (C=O) groups is 2. The molecular formula is C15H16BrClN2O2. The molecule has 1 aliphatic heterocycles. The van der Waals surface area contributed by atoms with Crippen LogP contribution in [0.25, 0.3) is 0 Å². The average Bonchev–Trinajstić information content (AvgIpc) is 3.23. The number of benzene rings is 1. The Labute approximate surface area is 137 Å². The van der Waals surface area contributed by atoms with Crippen molar-refractivity contribution in [2.45, 2.75) is 38.4 Å². The van der Waals surface area contributed by atoms with E-state index in [4.69, 9.17) is 11.6 Å². The Morgan fingerprint density at radius 1 is 1.38 bits per heavy atom.